The zero-order valence-corrected chi connectivity index (χ0v) is 5.46. The fourth-order valence-corrected chi connectivity index (χ4v) is 0.334. The molecule has 0 aromatic heterocycles. The van der Waals surface area contributed by atoms with Crippen LogP contribution in [0.4, 0.5) is 0 Å². The summed E-state index contributed by atoms with van der Waals surface area (Å²) in [7, 11) is 0. The van der Waals surface area contributed by atoms with Gasteiger partial charge in [0.05, 0.1) is 0 Å². The lowest BCUT2D eigenvalue weighted by atomic mass is 10.2. The summed E-state index contributed by atoms with van der Waals surface area (Å²) in [4.78, 5) is 0. The number of hydrogen-bond acceptors (Lipinski definition) is 2. The van der Waals surface area contributed by atoms with Gasteiger partial charge in [-0.05, 0) is 11.6 Å². The van der Waals surface area contributed by atoms with Crippen LogP contribution in [0, 0.1) is 22.7 Å². The molecular formula is C8H6N2. The van der Waals surface area contributed by atoms with E-state index in [1.807, 2.05) is 0 Å². The molecular weight excluding hydrogens is 124 g/mol. The quantitative estimate of drug-likeness (QED) is 0.422. The maximum atomic E-state index is 8.25. The van der Waals surface area contributed by atoms with E-state index < -0.39 is 0 Å². The summed E-state index contributed by atoms with van der Waals surface area (Å²) in [6.45, 7) is 6.93. The van der Waals surface area contributed by atoms with E-state index in [9.17, 15) is 0 Å². The van der Waals surface area contributed by atoms with E-state index in [0.29, 0.717) is 5.57 Å². The Morgan fingerprint density at radius 2 is 1.80 bits per heavy atom. The predicted octanol–water partition coefficient (Wildman–Crippen LogP) is 1.70. The molecule has 0 aromatic rings. The van der Waals surface area contributed by atoms with Gasteiger partial charge in [-0.1, -0.05) is 19.2 Å². The molecule has 0 aliphatic carbocycles. The minimum absolute atomic E-state index is 0.0462. The second-order valence-corrected chi connectivity index (χ2v) is 1.56. The maximum absolute atomic E-state index is 8.25. The largest absolute Gasteiger partial charge is 0.192 e. The smallest absolute Gasteiger partial charge is 0.130 e. The summed E-state index contributed by atoms with van der Waals surface area (Å²) in [5, 5.41) is 16.5. The van der Waals surface area contributed by atoms with Gasteiger partial charge in [0.1, 0.15) is 17.7 Å². The van der Waals surface area contributed by atoms with Crippen molar-refractivity contribution in [2.45, 2.75) is 0 Å². The van der Waals surface area contributed by atoms with Crippen molar-refractivity contribution in [3.05, 3.63) is 36.5 Å². The average Bonchev–Trinajstić information content (AvgIpc) is 1.99. The molecule has 0 spiro atoms. The van der Waals surface area contributed by atoms with Crippen LogP contribution in [0.3, 0.4) is 0 Å². The van der Waals surface area contributed by atoms with Crippen molar-refractivity contribution in [2.24, 2.45) is 0 Å². The molecule has 0 rings (SSSR count). The number of allylic oxidation sites excluding steroid dienone is 4. The Labute approximate surface area is 60.0 Å². The molecule has 0 heterocycles. The Kier molecular flexibility index (Phi) is 3.38. The molecule has 0 amide bonds. The average molecular weight is 130 g/mol. The van der Waals surface area contributed by atoms with Gasteiger partial charge in [-0.2, -0.15) is 10.5 Å². The number of nitriles is 2. The van der Waals surface area contributed by atoms with Crippen LogP contribution >= 0.6 is 0 Å². The van der Waals surface area contributed by atoms with Crippen LogP contribution in [0.15, 0.2) is 36.5 Å². The first-order valence-electron chi connectivity index (χ1n) is 2.58. The first kappa shape index (κ1) is 8.20. The normalized spacial score (nSPS) is 6.60. The van der Waals surface area contributed by atoms with E-state index >= 15 is 0 Å². The van der Waals surface area contributed by atoms with Crippen LogP contribution in [0.5, 0.6) is 0 Å². The van der Waals surface area contributed by atoms with Crippen molar-refractivity contribution in [2.75, 3.05) is 0 Å². The van der Waals surface area contributed by atoms with Gasteiger partial charge in [0, 0.05) is 0 Å². The first-order chi connectivity index (χ1) is 4.74. The third-order valence-corrected chi connectivity index (χ3v) is 0.833. The molecule has 2 nitrogen and oxygen atoms in total. The highest BCUT2D eigenvalue weighted by molar-refractivity contribution is 5.43. The molecule has 0 saturated carbocycles. The van der Waals surface area contributed by atoms with Gasteiger partial charge in [0.25, 0.3) is 0 Å². The Bertz CT molecular complexity index is 242. The predicted molar refractivity (Wildman–Crippen MR) is 38.6 cm³/mol. The minimum atomic E-state index is 0.0462. The van der Waals surface area contributed by atoms with Crippen LogP contribution in [-0.2, 0) is 0 Å². The van der Waals surface area contributed by atoms with Gasteiger partial charge >= 0.3 is 0 Å². The standard InChI is InChI=1S/C8H6N2/c1-3-7(2)4-8(5-9)6-10/h3-4H,1-2H2. The summed E-state index contributed by atoms with van der Waals surface area (Å²) < 4.78 is 0. The second-order valence-electron chi connectivity index (χ2n) is 1.56. The Hall–Kier alpha value is -1.80. The molecule has 0 aliphatic rings. The fraction of sp³-hybridized carbons (Fsp3) is 0. The van der Waals surface area contributed by atoms with Crippen LogP contribution in [-0.4, -0.2) is 0 Å². The van der Waals surface area contributed by atoms with Crippen LogP contribution in [0.2, 0.25) is 0 Å². The SMILES string of the molecule is C=CC(=C)C=C(C#N)C#N. The van der Waals surface area contributed by atoms with E-state index in [0.717, 1.165) is 0 Å². The lowest BCUT2D eigenvalue weighted by Gasteiger charge is -1.83. The summed E-state index contributed by atoms with van der Waals surface area (Å²) >= 11 is 0. The molecule has 48 valence electrons. The monoisotopic (exact) mass is 130 g/mol. The van der Waals surface area contributed by atoms with E-state index in [1.165, 1.54) is 12.2 Å². The topological polar surface area (TPSA) is 47.6 Å². The molecule has 0 N–H and O–H groups in total. The molecule has 0 unspecified atom stereocenters. The van der Waals surface area contributed by atoms with Crippen molar-refractivity contribution < 1.29 is 0 Å². The van der Waals surface area contributed by atoms with Crippen LogP contribution in [0.1, 0.15) is 0 Å². The molecule has 0 bridgehead atoms. The van der Waals surface area contributed by atoms with Gasteiger partial charge in [-0.15, -0.1) is 0 Å². The van der Waals surface area contributed by atoms with Crippen molar-refractivity contribution in [1.29, 1.82) is 10.5 Å². The summed E-state index contributed by atoms with van der Waals surface area (Å²) in [5.41, 5.74) is 0.614. The molecule has 2 heteroatoms. The summed E-state index contributed by atoms with van der Waals surface area (Å²) in [6.07, 6.45) is 2.86. The van der Waals surface area contributed by atoms with Crippen molar-refractivity contribution in [3.63, 3.8) is 0 Å². The third-order valence-electron chi connectivity index (χ3n) is 0.833. The zero-order chi connectivity index (χ0) is 7.98. The van der Waals surface area contributed by atoms with Crippen molar-refractivity contribution >= 4 is 0 Å². The van der Waals surface area contributed by atoms with E-state index in [-0.39, 0.29) is 5.57 Å². The second kappa shape index (κ2) is 4.12. The highest BCUT2D eigenvalue weighted by atomic mass is 14.3. The molecule has 0 saturated heterocycles. The van der Waals surface area contributed by atoms with E-state index in [2.05, 4.69) is 13.2 Å². The number of hydrogen-bond donors (Lipinski definition) is 0. The highest BCUT2D eigenvalue weighted by Gasteiger charge is 1.89. The van der Waals surface area contributed by atoms with Gasteiger partial charge < -0.3 is 0 Å². The van der Waals surface area contributed by atoms with Crippen LogP contribution in [0.25, 0.3) is 0 Å². The van der Waals surface area contributed by atoms with Crippen molar-refractivity contribution in [3.8, 4) is 12.1 Å². The lowest BCUT2D eigenvalue weighted by molar-refractivity contribution is 1.46. The summed E-state index contributed by atoms with van der Waals surface area (Å²) in [5.74, 6) is 0. The number of rotatable bonds is 2. The molecule has 10 heavy (non-hydrogen) atoms. The van der Waals surface area contributed by atoms with E-state index in [1.54, 1.807) is 12.1 Å². The van der Waals surface area contributed by atoms with Gasteiger partial charge in [-0.3, -0.25) is 0 Å². The molecule has 0 aromatic carbocycles. The third kappa shape index (κ3) is 2.49. The van der Waals surface area contributed by atoms with E-state index in [4.69, 9.17) is 10.5 Å². The van der Waals surface area contributed by atoms with Crippen LogP contribution < -0.4 is 0 Å². The van der Waals surface area contributed by atoms with Gasteiger partial charge in [0.15, 0.2) is 0 Å². The Morgan fingerprint density at radius 1 is 1.30 bits per heavy atom. The number of nitrogens with zero attached hydrogens (tertiary/aromatic N) is 2. The Balaban J connectivity index is 4.48. The van der Waals surface area contributed by atoms with Gasteiger partial charge in [0.2, 0.25) is 0 Å². The molecule has 0 aliphatic heterocycles. The minimum Gasteiger partial charge on any atom is -0.192 e. The lowest BCUT2D eigenvalue weighted by Crippen LogP contribution is -1.72. The Morgan fingerprint density at radius 3 is 2.10 bits per heavy atom. The first-order valence-corrected chi connectivity index (χ1v) is 2.58. The zero-order valence-electron chi connectivity index (χ0n) is 5.46. The van der Waals surface area contributed by atoms with Crippen molar-refractivity contribution in [1.82, 2.24) is 0 Å². The summed E-state index contributed by atoms with van der Waals surface area (Å²) in [6, 6.07) is 3.42. The maximum Gasteiger partial charge on any atom is 0.130 e. The molecule has 0 atom stereocenters. The molecule has 0 fully saturated rings. The molecule has 0 radical (unpaired) electrons. The van der Waals surface area contributed by atoms with Gasteiger partial charge in [-0.25, -0.2) is 0 Å². The highest BCUT2D eigenvalue weighted by Crippen LogP contribution is 1.98. The fourth-order valence-electron chi connectivity index (χ4n) is 0.334.